The van der Waals surface area contributed by atoms with Gasteiger partial charge in [0, 0.05) is 0 Å². The number of nitrogens with two attached hydrogens (primary N) is 1. The van der Waals surface area contributed by atoms with Gasteiger partial charge >= 0.3 is 0 Å². The van der Waals surface area contributed by atoms with Crippen LogP contribution in [0.2, 0.25) is 0 Å². The van der Waals surface area contributed by atoms with E-state index in [1.165, 1.54) is 11.8 Å². The maximum absolute atomic E-state index is 11.8. The first kappa shape index (κ1) is 19.1. The first-order chi connectivity index (χ1) is 10.6. The molecule has 5 nitrogen and oxygen atoms in total. The van der Waals surface area contributed by atoms with Crippen LogP contribution >= 0.6 is 12.4 Å². The van der Waals surface area contributed by atoms with E-state index in [1.54, 1.807) is 6.07 Å². The molecule has 0 radical (unpaired) electrons. The van der Waals surface area contributed by atoms with Gasteiger partial charge in [0.2, 0.25) is 0 Å². The fraction of sp³-hybridized carbons (Fsp3) is 0.353. The van der Waals surface area contributed by atoms with E-state index >= 15 is 0 Å². The molecule has 2 rings (SSSR count). The number of hydrogen-bond donors (Lipinski definition) is 2. The van der Waals surface area contributed by atoms with Crippen molar-refractivity contribution in [1.29, 1.82) is 0 Å². The summed E-state index contributed by atoms with van der Waals surface area (Å²) in [6.45, 7) is 5.42. The predicted molar refractivity (Wildman–Crippen MR) is 92.2 cm³/mol. The molecule has 0 spiro atoms. The van der Waals surface area contributed by atoms with Gasteiger partial charge in [-0.25, -0.2) is 0 Å². The van der Waals surface area contributed by atoms with Crippen molar-refractivity contribution < 1.29 is 13.9 Å². The normalized spacial score (nSPS) is 10.3. The molecule has 0 atom stereocenters. The summed E-state index contributed by atoms with van der Waals surface area (Å²) in [5.74, 6) is 1.70. The highest BCUT2D eigenvalue weighted by Gasteiger charge is 2.08. The van der Waals surface area contributed by atoms with Crippen LogP contribution in [0.5, 0.6) is 5.75 Å². The highest BCUT2D eigenvalue weighted by Crippen LogP contribution is 2.18. The summed E-state index contributed by atoms with van der Waals surface area (Å²) in [5.41, 5.74) is 7.18. The molecule has 2 aromatic rings. The van der Waals surface area contributed by atoms with Gasteiger partial charge in [-0.05, 0) is 29.7 Å². The van der Waals surface area contributed by atoms with Gasteiger partial charge in [0.05, 0.1) is 18.7 Å². The smallest absolute Gasteiger partial charge is 0.254 e. The number of nitrogens with one attached hydrogen (secondary N) is 1. The Morgan fingerprint density at radius 2 is 2.00 bits per heavy atom. The molecule has 0 aliphatic heterocycles. The molecule has 0 unspecified atom stereocenters. The Bertz CT molecular complexity index is 609. The van der Waals surface area contributed by atoms with Crippen LogP contribution in [0.15, 0.2) is 41.0 Å². The minimum absolute atomic E-state index is 0. The number of benzene rings is 1. The molecule has 1 heterocycles. The first-order valence-electron chi connectivity index (χ1n) is 7.38. The van der Waals surface area contributed by atoms with Gasteiger partial charge in [-0.1, -0.05) is 26.0 Å². The Hall–Kier alpha value is -1.98. The molecule has 1 amide bonds. The van der Waals surface area contributed by atoms with E-state index < -0.39 is 0 Å². The van der Waals surface area contributed by atoms with E-state index in [0.717, 1.165) is 5.75 Å². The van der Waals surface area contributed by atoms with Crippen LogP contribution in [-0.2, 0) is 6.54 Å². The lowest BCUT2D eigenvalue weighted by molar-refractivity contribution is 0.0946. The second kappa shape index (κ2) is 9.22. The summed E-state index contributed by atoms with van der Waals surface area (Å²) in [6, 6.07) is 9.64. The maximum Gasteiger partial charge on any atom is 0.254 e. The number of hydrogen-bond acceptors (Lipinski definition) is 4. The van der Waals surface area contributed by atoms with Gasteiger partial charge in [0.15, 0.2) is 0 Å². The van der Waals surface area contributed by atoms with Gasteiger partial charge in [-0.15, -0.1) is 12.4 Å². The Labute approximate surface area is 142 Å². The molecule has 6 heteroatoms. The maximum atomic E-state index is 11.8. The van der Waals surface area contributed by atoms with Gasteiger partial charge in [0.25, 0.3) is 5.91 Å². The zero-order valence-corrected chi connectivity index (χ0v) is 14.2. The molecule has 3 N–H and O–H groups in total. The van der Waals surface area contributed by atoms with Crippen LogP contribution in [0.25, 0.3) is 0 Å². The van der Waals surface area contributed by atoms with Crippen LogP contribution in [0.4, 0.5) is 0 Å². The third-order valence-corrected chi connectivity index (χ3v) is 3.32. The standard InChI is InChI=1S/C17H22N2O3.ClH/c1-12(2)13-3-5-15(6-4-13)21-8-7-19-17(20)14-9-16(10-18)22-11-14;/h3-6,9,11-12H,7-8,10,18H2,1-2H3,(H,19,20);1H. The van der Waals surface area contributed by atoms with Gasteiger partial charge < -0.3 is 20.2 Å². The van der Waals surface area contributed by atoms with Gasteiger partial charge in [0.1, 0.15) is 24.4 Å². The second-order valence-corrected chi connectivity index (χ2v) is 5.33. The predicted octanol–water partition coefficient (Wildman–Crippen LogP) is 3.09. The number of amides is 1. The average molecular weight is 339 g/mol. The molecule has 0 aliphatic rings. The van der Waals surface area contributed by atoms with Crippen molar-refractivity contribution in [3.05, 3.63) is 53.5 Å². The summed E-state index contributed by atoms with van der Waals surface area (Å²) in [4.78, 5) is 11.8. The van der Waals surface area contributed by atoms with E-state index in [-0.39, 0.29) is 24.9 Å². The van der Waals surface area contributed by atoms with Crippen molar-refractivity contribution in [2.75, 3.05) is 13.2 Å². The lowest BCUT2D eigenvalue weighted by Gasteiger charge is -2.09. The zero-order valence-electron chi connectivity index (χ0n) is 13.4. The van der Waals surface area contributed by atoms with E-state index in [2.05, 4.69) is 31.3 Å². The molecule has 0 bridgehead atoms. The molecule has 0 saturated heterocycles. The van der Waals surface area contributed by atoms with Crippen molar-refractivity contribution in [1.82, 2.24) is 5.32 Å². The van der Waals surface area contributed by atoms with E-state index in [1.807, 2.05) is 12.1 Å². The van der Waals surface area contributed by atoms with Crippen molar-refractivity contribution in [3.8, 4) is 5.75 Å². The van der Waals surface area contributed by atoms with E-state index in [9.17, 15) is 4.79 Å². The number of halogens is 1. The minimum atomic E-state index is -0.192. The average Bonchev–Trinajstić information content (AvgIpc) is 3.01. The largest absolute Gasteiger partial charge is 0.492 e. The Morgan fingerprint density at radius 1 is 1.30 bits per heavy atom. The molecule has 0 fully saturated rings. The Morgan fingerprint density at radius 3 is 2.57 bits per heavy atom. The van der Waals surface area contributed by atoms with Crippen LogP contribution in [0.3, 0.4) is 0 Å². The third kappa shape index (κ3) is 5.62. The monoisotopic (exact) mass is 338 g/mol. The fourth-order valence-electron chi connectivity index (χ4n) is 1.99. The molecule has 1 aromatic carbocycles. The van der Waals surface area contributed by atoms with Crippen LogP contribution < -0.4 is 15.8 Å². The molecular formula is C17H23ClN2O3. The minimum Gasteiger partial charge on any atom is -0.492 e. The molecule has 23 heavy (non-hydrogen) atoms. The first-order valence-corrected chi connectivity index (χ1v) is 7.38. The summed E-state index contributed by atoms with van der Waals surface area (Å²) < 4.78 is 10.7. The number of carbonyl (C=O) groups is 1. The zero-order chi connectivity index (χ0) is 15.9. The Balaban J connectivity index is 0.00000264. The van der Waals surface area contributed by atoms with Crippen molar-refractivity contribution in [2.45, 2.75) is 26.3 Å². The number of ether oxygens (including phenoxy) is 1. The number of carbonyl (C=O) groups excluding carboxylic acids is 1. The topological polar surface area (TPSA) is 77.5 Å². The summed E-state index contributed by atoms with van der Waals surface area (Å²) >= 11 is 0. The molecule has 126 valence electrons. The van der Waals surface area contributed by atoms with E-state index in [0.29, 0.717) is 30.4 Å². The number of rotatable bonds is 7. The van der Waals surface area contributed by atoms with Crippen LogP contribution in [-0.4, -0.2) is 19.1 Å². The van der Waals surface area contributed by atoms with Crippen molar-refractivity contribution >= 4 is 18.3 Å². The third-order valence-electron chi connectivity index (χ3n) is 3.32. The summed E-state index contributed by atoms with van der Waals surface area (Å²) in [6.07, 6.45) is 1.41. The quantitative estimate of drug-likeness (QED) is 0.760. The van der Waals surface area contributed by atoms with Gasteiger partial charge in [-0.3, -0.25) is 4.79 Å². The highest BCUT2D eigenvalue weighted by atomic mass is 35.5. The Kier molecular flexibility index (Phi) is 7.65. The second-order valence-electron chi connectivity index (χ2n) is 5.33. The lowest BCUT2D eigenvalue weighted by Crippen LogP contribution is -2.27. The van der Waals surface area contributed by atoms with E-state index in [4.69, 9.17) is 14.9 Å². The SMILES string of the molecule is CC(C)c1ccc(OCCNC(=O)c2coc(CN)c2)cc1.Cl. The van der Waals surface area contributed by atoms with Crippen molar-refractivity contribution in [3.63, 3.8) is 0 Å². The van der Waals surface area contributed by atoms with Crippen LogP contribution in [0, 0.1) is 0 Å². The number of furan rings is 1. The van der Waals surface area contributed by atoms with Crippen molar-refractivity contribution in [2.24, 2.45) is 5.73 Å². The van der Waals surface area contributed by atoms with Crippen LogP contribution in [0.1, 0.15) is 41.4 Å². The molecule has 1 aromatic heterocycles. The molecular weight excluding hydrogens is 316 g/mol. The fourth-order valence-corrected chi connectivity index (χ4v) is 1.99. The summed E-state index contributed by atoms with van der Waals surface area (Å²) in [5, 5.41) is 2.77. The summed E-state index contributed by atoms with van der Waals surface area (Å²) in [7, 11) is 0. The lowest BCUT2D eigenvalue weighted by atomic mass is 10.0. The van der Waals surface area contributed by atoms with Gasteiger partial charge in [-0.2, -0.15) is 0 Å². The molecule has 0 saturated carbocycles. The highest BCUT2D eigenvalue weighted by molar-refractivity contribution is 5.93. The molecule has 0 aliphatic carbocycles.